The number of nitrogens with one attached hydrogen (secondary N) is 1. The number of carbonyl (C=O) groups is 2. The summed E-state index contributed by atoms with van der Waals surface area (Å²) in [6.45, 7) is 11.2. The standard InChI is InChI=1S/C23H44N6O2/c1-5-7-10-20(6-2)17-24-23(25-18-21(30)26(3)4)29-15-13-27(14-16-29)19-22(31)28-11-8-9-12-28/h20H,5-19H2,1-4H3,(H,24,25). The summed E-state index contributed by atoms with van der Waals surface area (Å²) in [5.74, 6) is 1.72. The van der Waals surface area contributed by atoms with Crippen LogP contribution < -0.4 is 5.32 Å². The molecule has 0 aromatic rings. The van der Waals surface area contributed by atoms with E-state index in [4.69, 9.17) is 0 Å². The summed E-state index contributed by atoms with van der Waals surface area (Å²) in [5, 5.41) is 3.56. The van der Waals surface area contributed by atoms with Crippen molar-refractivity contribution in [3.8, 4) is 0 Å². The highest BCUT2D eigenvalue weighted by atomic mass is 16.2. The number of amides is 2. The van der Waals surface area contributed by atoms with Crippen LogP contribution in [0, 0.1) is 5.92 Å². The predicted molar refractivity (Wildman–Crippen MR) is 126 cm³/mol. The molecule has 1 N–H and O–H groups in total. The number of likely N-dealkylation sites (tertiary alicyclic amines) is 1. The molecule has 2 rings (SSSR count). The molecule has 8 nitrogen and oxygen atoms in total. The molecule has 0 aromatic carbocycles. The molecule has 2 heterocycles. The maximum atomic E-state index is 12.5. The molecule has 8 heteroatoms. The molecular formula is C23H44N6O2. The van der Waals surface area contributed by atoms with Crippen molar-refractivity contribution in [2.24, 2.45) is 10.9 Å². The van der Waals surface area contributed by atoms with Crippen LogP contribution in [0.2, 0.25) is 0 Å². The average molecular weight is 437 g/mol. The summed E-state index contributed by atoms with van der Waals surface area (Å²) < 4.78 is 0. The molecule has 2 aliphatic heterocycles. The summed E-state index contributed by atoms with van der Waals surface area (Å²) in [4.78, 5) is 37.3. The first-order chi connectivity index (χ1) is 14.9. The van der Waals surface area contributed by atoms with Crippen LogP contribution in [-0.2, 0) is 9.59 Å². The first-order valence-corrected chi connectivity index (χ1v) is 12.2. The average Bonchev–Trinajstić information content (AvgIpc) is 3.31. The zero-order valence-corrected chi connectivity index (χ0v) is 20.2. The largest absolute Gasteiger partial charge is 0.356 e. The van der Waals surface area contributed by atoms with E-state index in [1.54, 1.807) is 19.0 Å². The van der Waals surface area contributed by atoms with Crippen molar-refractivity contribution in [3.63, 3.8) is 0 Å². The zero-order valence-electron chi connectivity index (χ0n) is 20.2. The number of unbranched alkanes of at least 4 members (excludes halogenated alkanes) is 1. The highest BCUT2D eigenvalue weighted by Gasteiger charge is 2.25. The number of hydrogen-bond donors (Lipinski definition) is 1. The Labute approximate surface area is 189 Å². The van der Waals surface area contributed by atoms with Gasteiger partial charge < -0.3 is 20.0 Å². The van der Waals surface area contributed by atoms with E-state index in [2.05, 4.69) is 34.0 Å². The fourth-order valence-corrected chi connectivity index (χ4v) is 4.11. The van der Waals surface area contributed by atoms with Crippen molar-refractivity contribution in [3.05, 3.63) is 0 Å². The van der Waals surface area contributed by atoms with Gasteiger partial charge in [-0.2, -0.15) is 0 Å². The van der Waals surface area contributed by atoms with Crippen LogP contribution in [0.15, 0.2) is 4.99 Å². The Balaban J connectivity index is 1.90. The second kappa shape index (κ2) is 13.6. The summed E-state index contributed by atoms with van der Waals surface area (Å²) in [5.41, 5.74) is 0. The maximum absolute atomic E-state index is 12.5. The second-order valence-corrected chi connectivity index (χ2v) is 9.08. The third-order valence-electron chi connectivity index (χ3n) is 6.44. The molecule has 2 fully saturated rings. The quantitative estimate of drug-likeness (QED) is 0.415. The molecule has 31 heavy (non-hydrogen) atoms. The van der Waals surface area contributed by atoms with E-state index in [-0.39, 0.29) is 18.4 Å². The van der Waals surface area contributed by atoms with Crippen molar-refractivity contribution < 1.29 is 9.59 Å². The van der Waals surface area contributed by atoms with Crippen molar-refractivity contribution >= 4 is 17.8 Å². The normalized spacial score (nSPS) is 18.9. The molecule has 1 unspecified atom stereocenters. The van der Waals surface area contributed by atoms with Crippen molar-refractivity contribution in [1.29, 1.82) is 0 Å². The van der Waals surface area contributed by atoms with Gasteiger partial charge in [-0.1, -0.05) is 33.1 Å². The Morgan fingerprint density at radius 1 is 1.00 bits per heavy atom. The molecule has 0 saturated carbocycles. The highest BCUT2D eigenvalue weighted by Crippen LogP contribution is 2.12. The van der Waals surface area contributed by atoms with E-state index in [1.165, 1.54) is 19.3 Å². The molecule has 2 aliphatic rings. The molecule has 2 amide bonds. The van der Waals surface area contributed by atoms with Crippen molar-refractivity contribution in [2.75, 3.05) is 73.0 Å². The molecule has 0 aromatic heterocycles. The van der Waals surface area contributed by atoms with E-state index in [1.807, 2.05) is 4.90 Å². The van der Waals surface area contributed by atoms with Crippen molar-refractivity contribution in [2.45, 2.75) is 52.4 Å². The Morgan fingerprint density at radius 3 is 2.26 bits per heavy atom. The number of likely N-dealkylation sites (N-methyl/N-ethyl adjacent to an activating group) is 1. The number of nitrogens with zero attached hydrogens (tertiary/aromatic N) is 5. The van der Waals surface area contributed by atoms with Gasteiger partial charge in [0.2, 0.25) is 11.8 Å². The Morgan fingerprint density at radius 2 is 1.68 bits per heavy atom. The van der Waals surface area contributed by atoms with E-state index in [9.17, 15) is 9.59 Å². The Kier molecular flexibility index (Phi) is 11.1. The summed E-state index contributed by atoms with van der Waals surface area (Å²) in [6, 6.07) is 0. The summed E-state index contributed by atoms with van der Waals surface area (Å²) in [6.07, 6.45) is 7.09. The molecule has 0 bridgehead atoms. The van der Waals surface area contributed by atoms with Gasteiger partial charge in [0.25, 0.3) is 0 Å². The van der Waals surface area contributed by atoms with E-state index < -0.39 is 0 Å². The smallest absolute Gasteiger partial charge is 0.243 e. The van der Waals surface area contributed by atoms with Crippen LogP contribution in [0.4, 0.5) is 0 Å². The molecule has 0 aliphatic carbocycles. The molecule has 0 spiro atoms. The maximum Gasteiger partial charge on any atom is 0.243 e. The SMILES string of the molecule is CCCCC(CC)CNC(=NCC(=O)N(C)C)N1CCN(CC(=O)N2CCCC2)CC1. The number of aliphatic imine (C=N–C) groups is 1. The van der Waals surface area contributed by atoms with E-state index in [0.717, 1.165) is 71.0 Å². The van der Waals surface area contributed by atoms with Crippen molar-refractivity contribution in [1.82, 2.24) is 24.9 Å². The highest BCUT2D eigenvalue weighted by molar-refractivity contribution is 5.85. The lowest BCUT2D eigenvalue weighted by Crippen LogP contribution is -2.54. The number of rotatable bonds is 10. The van der Waals surface area contributed by atoms with Crippen LogP contribution >= 0.6 is 0 Å². The predicted octanol–water partition coefficient (Wildman–Crippen LogP) is 1.48. The minimum absolute atomic E-state index is 0.00664. The fraction of sp³-hybridized carbons (Fsp3) is 0.870. The van der Waals surface area contributed by atoms with Crippen LogP contribution in [0.1, 0.15) is 52.4 Å². The molecular weight excluding hydrogens is 392 g/mol. The van der Waals surface area contributed by atoms with Crippen LogP contribution in [0.25, 0.3) is 0 Å². The van der Waals surface area contributed by atoms with Crippen LogP contribution in [0.5, 0.6) is 0 Å². The van der Waals surface area contributed by atoms with Gasteiger partial charge in [0, 0.05) is 59.9 Å². The van der Waals surface area contributed by atoms with Crippen LogP contribution in [0.3, 0.4) is 0 Å². The minimum Gasteiger partial charge on any atom is -0.356 e. The summed E-state index contributed by atoms with van der Waals surface area (Å²) >= 11 is 0. The van der Waals surface area contributed by atoms with Gasteiger partial charge in [-0.25, -0.2) is 4.99 Å². The van der Waals surface area contributed by atoms with Crippen LogP contribution in [-0.4, -0.2) is 110 Å². The van der Waals surface area contributed by atoms with Gasteiger partial charge in [0.15, 0.2) is 5.96 Å². The number of guanidine groups is 1. The minimum atomic E-state index is 0.00664. The number of piperazine rings is 1. The lowest BCUT2D eigenvalue weighted by atomic mass is 9.99. The lowest BCUT2D eigenvalue weighted by Gasteiger charge is -2.37. The van der Waals surface area contributed by atoms with E-state index in [0.29, 0.717) is 12.5 Å². The van der Waals surface area contributed by atoms with Gasteiger partial charge in [-0.3, -0.25) is 14.5 Å². The van der Waals surface area contributed by atoms with Gasteiger partial charge in [-0.05, 0) is 25.2 Å². The van der Waals surface area contributed by atoms with Gasteiger partial charge >= 0.3 is 0 Å². The van der Waals surface area contributed by atoms with Gasteiger partial charge in [-0.15, -0.1) is 0 Å². The zero-order chi connectivity index (χ0) is 22.6. The fourth-order valence-electron chi connectivity index (χ4n) is 4.11. The Hall–Kier alpha value is -1.83. The summed E-state index contributed by atoms with van der Waals surface area (Å²) in [7, 11) is 3.53. The number of hydrogen-bond acceptors (Lipinski definition) is 4. The second-order valence-electron chi connectivity index (χ2n) is 9.08. The Bertz CT molecular complexity index is 581. The first-order valence-electron chi connectivity index (χ1n) is 12.2. The third kappa shape index (κ3) is 8.67. The number of carbonyl (C=O) groups excluding carboxylic acids is 2. The van der Waals surface area contributed by atoms with E-state index >= 15 is 0 Å². The first kappa shape index (κ1) is 25.4. The molecule has 1 atom stereocenters. The monoisotopic (exact) mass is 436 g/mol. The lowest BCUT2D eigenvalue weighted by molar-refractivity contribution is -0.131. The molecule has 178 valence electrons. The topological polar surface area (TPSA) is 71.5 Å². The molecule has 2 saturated heterocycles. The molecule has 0 radical (unpaired) electrons. The van der Waals surface area contributed by atoms with Gasteiger partial charge in [0.05, 0.1) is 6.54 Å². The van der Waals surface area contributed by atoms with Gasteiger partial charge in [0.1, 0.15) is 6.54 Å². The third-order valence-corrected chi connectivity index (χ3v) is 6.44.